The maximum Gasteiger partial charge on any atom is 0.106 e. The third-order valence-corrected chi connectivity index (χ3v) is 95.6. The van der Waals surface area contributed by atoms with Crippen molar-refractivity contribution in [3.05, 3.63) is 11.6 Å². The highest BCUT2D eigenvalue weighted by Gasteiger charge is 2.78. The maximum absolute atomic E-state index is 13.1. The molecule has 25 heteroatoms. The van der Waals surface area contributed by atoms with E-state index in [1.54, 1.807) is 0 Å². The Hall–Kier alpha value is 8.61. The van der Waals surface area contributed by atoms with Crippen molar-refractivity contribution in [2.24, 2.45) is 10.8 Å². The zero-order valence-electron chi connectivity index (χ0n) is 23.0. The van der Waals surface area contributed by atoms with Crippen LogP contribution in [0.2, 0.25) is 0 Å². The molecule has 2 fully saturated rings. The van der Waals surface area contributed by atoms with Crippen molar-refractivity contribution in [2.75, 3.05) is 0 Å². The number of allylic oxidation sites excluding steroid dienone is 1. The molecule has 2 saturated carbocycles. The van der Waals surface area contributed by atoms with E-state index in [0.717, 1.165) is 20.8 Å². The van der Waals surface area contributed by atoms with Crippen molar-refractivity contribution < 1.29 is 18.7 Å². The van der Waals surface area contributed by atoms with Gasteiger partial charge in [-0.15, -0.1) is 80.4 Å². The van der Waals surface area contributed by atoms with Crippen LogP contribution in [0.5, 0.6) is 0 Å². The minimum atomic E-state index is -1.07. The molecule has 0 aliphatic heterocycles. The summed E-state index contributed by atoms with van der Waals surface area (Å²) in [5.74, 6) is 0. The first kappa shape index (κ1) is 44.8. The van der Waals surface area contributed by atoms with Crippen LogP contribution >= 0.6 is 172 Å². The van der Waals surface area contributed by atoms with Crippen LogP contribution in [-0.2, 0) is 13.6 Å². The molecule has 4 nitrogen and oxygen atoms in total. The Morgan fingerprint density at radius 1 is 0.900 bits per heavy atom. The summed E-state index contributed by atoms with van der Waals surface area (Å²) in [7, 11) is 33.0. The van der Waals surface area contributed by atoms with E-state index in [1.165, 1.54) is 5.57 Å². The SMILES string of the molecule is CC/C=C(/C)C12C(OP(P(P)P)P(PP)P(P)P)C(OP(P(P)P)P(P)P(P)P)CC1(O)C(OPP)CC2(C)C. The molecule has 0 aromatic heterocycles. The van der Waals surface area contributed by atoms with Crippen LogP contribution in [0.1, 0.15) is 47.0 Å². The fraction of sp³-hybridized carbons (Fsp3) is 0.867. The molecule has 0 bridgehead atoms. The highest BCUT2D eigenvalue weighted by atomic mass is 33.1. The Balaban J connectivity index is 2.85. The second-order valence-corrected chi connectivity index (χ2v) is 77.6. The van der Waals surface area contributed by atoms with E-state index in [-0.39, 0.29) is 53.2 Å². The molecular weight excluding hydrogens is 895 g/mol. The van der Waals surface area contributed by atoms with Crippen molar-refractivity contribution in [3.63, 3.8) is 0 Å². The molecule has 2 aliphatic rings. The van der Waals surface area contributed by atoms with Crippen molar-refractivity contribution in [2.45, 2.75) is 70.9 Å². The summed E-state index contributed by atoms with van der Waals surface area (Å²) in [6.07, 6.45) is 3.89. The smallest absolute Gasteiger partial charge is 0.106 e. The van der Waals surface area contributed by atoms with E-state index >= 15 is 0 Å². The van der Waals surface area contributed by atoms with Gasteiger partial charge < -0.3 is 18.7 Å². The first-order chi connectivity index (χ1) is 18.5. The molecule has 2 aliphatic carbocycles. The quantitative estimate of drug-likeness (QED) is 0.131. The molecule has 0 aromatic carbocycles. The third kappa shape index (κ3) is 9.97. The van der Waals surface area contributed by atoms with Crippen LogP contribution < -0.4 is 0 Å². The monoisotopic (exact) mass is 942 g/mol. The van der Waals surface area contributed by atoms with Gasteiger partial charge in [0, 0.05) is 28.9 Å². The number of hydrogen-bond donors (Lipinski definition) is 1. The Labute approximate surface area is 281 Å². The fourth-order valence-corrected chi connectivity index (χ4v) is 117. The summed E-state index contributed by atoms with van der Waals surface area (Å²) in [5, 5.41) is 13.1. The second-order valence-electron chi connectivity index (χ2n) is 9.98. The van der Waals surface area contributed by atoms with Gasteiger partial charge in [0.2, 0.25) is 0 Å². The molecule has 0 heterocycles. The van der Waals surface area contributed by atoms with E-state index in [2.05, 4.69) is 132 Å². The summed E-state index contributed by atoms with van der Waals surface area (Å²) in [5.41, 5.74) is -0.684. The Morgan fingerprint density at radius 2 is 1.48 bits per heavy atom. The first-order valence-corrected chi connectivity index (χ1v) is 47.6. The van der Waals surface area contributed by atoms with Crippen molar-refractivity contribution in [1.29, 1.82) is 0 Å². The lowest BCUT2D eigenvalue weighted by molar-refractivity contribution is -0.117. The first-order valence-electron chi connectivity index (χ1n) is 11.9. The van der Waals surface area contributed by atoms with Gasteiger partial charge in [-0.25, -0.2) is 0 Å². The number of hydrogen-bond acceptors (Lipinski definition) is 4. The minimum absolute atomic E-state index is 0.198. The van der Waals surface area contributed by atoms with Crippen LogP contribution in [0.4, 0.5) is 0 Å². The molecular formula is C15H47O4P21. The van der Waals surface area contributed by atoms with Gasteiger partial charge in [-0.05, 0) is 53.1 Å². The average Bonchev–Trinajstić information content (AvgIpc) is 3.19. The molecule has 22 atom stereocenters. The Bertz CT molecular complexity index is 849. The molecule has 2 rings (SSSR count). The Morgan fingerprint density at radius 3 is 1.90 bits per heavy atom. The van der Waals surface area contributed by atoms with E-state index in [9.17, 15) is 5.11 Å². The molecule has 0 saturated heterocycles. The van der Waals surface area contributed by atoms with Crippen LogP contribution in [0.15, 0.2) is 11.6 Å². The average molecular weight is 942 g/mol. The molecule has 22 unspecified atom stereocenters. The van der Waals surface area contributed by atoms with Gasteiger partial charge in [0.15, 0.2) is 0 Å². The molecule has 0 spiro atoms. The van der Waals surface area contributed by atoms with E-state index in [0.29, 0.717) is 6.42 Å². The fourth-order valence-electron chi connectivity index (χ4n) is 6.20. The van der Waals surface area contributed by atoms with Gasteiger partial charge in [-0.1, -0.05) is 58.2 Å². The van der Waals surface area contributed by atoms with Crippen LogP contribution in [-0.4, -0.2) is 29.0 Å². The zero-order chi connectivity index (χ0) is 30.8. The standard InChI is InChI=1S/C15H47O4P21/c1-5-6-9(2)15-12(19-34(36(24)25)40(32-21)38(28)29)10(18-33(35(22)23)39(30)37(26)27)7-14(15,16)11(17-31-20)8-13(15,3)4/h6,10-12,16,31-32H,5,7-8,20-30H2,1-4H3/b9-6-. The van der Waals surface area contributed by atoms with E-state index < -0.39 is 47.0 Å². The Kier molecular flexibility index (Phi) is 22.6. The largest absolute Gasteiger partial charge is 0.386 e. The maximum atomic E-state index is 13.1. The number of aliphatic hydroxyl groups is 1. The summed E-state index contributed by atoms with van der Waals surface area (Å²) < 4.78 is 21.3. The van der Waals surface area contributed by atoms with E-state index in [4.69, 9.17) is 13.6 Å². The van der Waals surface area contributed by atoms with Gasteiger partial charge >= 0.3 is 0 Å². The predicted octanol–water partition coefficient (Wildman–Crippen LogP) is 14.1. The zero-order valence-corrected chi connectivity index (χ0v) is 44.9. The molecule has 40 heavy (non-hydrogen) atoms. The van der Waals surface area contributed by atoms with Gasteiger partial charge in [-0.3, -0.25) is 0 Å². The van der Waals surface area contributed by atoms with Crippen molar-refractivity contribution >= 4 is 172 Å². The summed E-state index contributed by atoms with van der Waals surface area (Å²) in [6, 6.07) is 0. The number of fused-ring (bicyclic) bond motifs is 1. The molecule has 0 amide bonds. The minimum Gasteiger partial charge on any atom is -0.386 e. The normalized spacial score (nSPS) is 34.3. The molecule has 0 radical (unpaired) electrons. The van der Waals surface area contributed by atoms with Gasteiger partial charge in [0.05, 0.1) is 32.7 Å². The molecule has 236 valence electrons. The van der Waals surface area contributed by atoms with Gasteiger partial charge in [-0.2, -0.15) is 0 Å². The predicted molar refractivity (Wildman–Crippen MR) is 248 cm³/mol. The molecule has 0 aromatic rings. The number of rotatable bonds is 15. The topological polar surface area (TPSA) is 47.9 Å². The molecule has 1 N–H and O–H groups in total. The van der Waals surface area contributed by atoms with Gasteiger partial charge in [0.1, 0.15) is 11.7 Å². The third-order valence-electron chi connectivity index (χ3n) is 7.34. The van der Waals surface area contributed by atoms with Gasteiger partial charge in [0.25, 0.3) is 0 Å². The summed E-state index contributed by atoms with van der Waals surface area (Å²) in [6.45, 7) is 6.87. The van der Waals surface area contributed by atoms with Crippen molar-refractivity contribution in [3.8, 4) is 0 Å². The second kappa shape index (κ2) is 20.2. The van der Waals surface area contributed by atoms with Crippen molar-refractivity contribution in [1.82, 2.24) is 0 Å². The summed E-state index contributed by atoms with van der Waals surface area (Å²) in [4.78, 5) is 0. The lowest BCUT2D eigenvalue weighted by Crippen LogP contribution is -2.56. The van der Waals surface area contributed by atoms with Crippen LogP contribution in [0.3, 0.4) is 0 Å². The summed E-state index contributed by atoms with van der Waals surface area (Å²) >= 11 is 0. The highest BCUT2D eigenvalue weighted by molar-refractivity contribution is 9.10. The van der Waals surface area contributed by atoms with Crippen LogP contribution in [0.25, 0.3) is 0 Å². The highest BCUT2D eigenvalue weighted by Crippen LogP contribution is 3.10. The van der Waals surface area contributed by atoms with Crippen LogP contribution in [0, 0.1) is 10.8 Å². The van der Waals surface area contributed by atoms with E-state index in [1.807, 2.05) is 0 Å². The lowest BCUT2D eigenvalue weighted by Gasteiger charge is -2.51. The lowest BCUT2D eigenvalue weighted by atomic mass is 9.58.